The summed E-state index contributed by atoms with van der Waals surface area (Å²) in [5, 5.41) is 4.73. The van der Waals surface area contributed by atoms with Crippen molar-refractivity contribution in [2.75, 3.05) is 4.90 Å². The van der Waals surface area contributed by atoms with Crippen LogP contribution >= 0.6 is 0 Å². The zero-order valence-corrected chi connectivity index (χ0v) is 33.2. The Balaban J connectivity index is 1.08. The van der Waals surface area contributed by atoms with Gasteiger partial charge in [0.2, 0.25) is 0 Å². The van der Waals surface area contributed by atoms with Crippen molar-refractivity contribution in [3.8, 4) is 44.5 Å². The summed E-state index contributed by atoms with van der Waals surface area (Å²) in [6, 6.07) is 82.4. The predicted octanol–water partition coefficient (Wildman–Crippen LogP) is 15.9. The van der Waals surface area contributed by atoms with Crippen LogP contribution in [-0.2, 0) is 5.41 Å². The van der Waals surface area contributed by atoms with Gasteiger partial charge in [0.05, 0.1) is 16.8 Å². The molecule has 13 rings (SSSR count). The Bertz CT molecular complexity index is 3500. The molecule has 0 N–H and O–H groups in total. The van der Waals surface area contributed by atoms with Gasteiger partial charge in [-0.05, 0) is 109 Å². The SMILES string of the molecule is c1ccc(N(c2ccc(-c3cccc4ccccc34)cc2)c2cccc3c2-c2ccccc2C32c3ccccc3-c3ccccc32)c(-c2ccc3oc4ccccc4c3c2)c1. The number of fused-ring (bicyclic) bond motifs is 14. The molecule has 1 aromatic heterocycles. The molecule has 0 radical (unpaired) electrons. The van der Waals surface area contributed by atoms with E-state index in [1.807, 2.05) is 12.1 Å². The fourth-order valence-corrected chi connectivity index (χ4v) is 10.8. The van der Waals surface area contributed by atoms with E-state index in [1.54, 1.807) is 0 Å². The van der Waals surface area contributed by atoms with Crippen molar-refractivity contribution in [1.29, 1.82) is 0 Å². The van der Waals surface area contributed by atoms with E-state index in [0.29, 0.717) is 0 Å². The highest BCUT2D eigenvalue weighted by Gasteiger charge is 2.52. The van der Waals surface area contributed by atoms with Gasteiger partial charge >= 0.3 is 0 Å². The van der Waals surface area contributed by atoms with E-state index < -0.39 is 5.41 Å². The molecule has 1 heterocycles. The van der Waals surface area contributed by atoms with Crippen molar-refractivity contribution < 1.29 is 4.42 Å². The van der Waals surface area contributed by atoms with Crippen LogP contribution in [0.25, 0.3) is 77.2 Å². The molecule has 0 bridgehead atoms. The van der Waals surface area contributed by atoms with E-state index >= 15 is 0 Å². The third kappa shape index (κ3) is 4.79. The summed E-state index contributed by atoms with van der Waals surface area (Å²) >= 11 is 0. The molecule has 0 saturated heterocycles. The molecule has 0 fully saturated rings. The second-order valence-electron chi connectivity index (χ2n) is 16.3. The molecule has 11 aromatic rings. The first-order valence-electron chi connectivity index (χ1n) is 21.1. The molecule has 61 heavy (non-hydrogen) atoms. The highest BCUT2D eigenvalue weighted by Crippen LogP contribution is 2.64. The van der Waals surface area contributed by atoms with Gasteiger partial charge in [-0.25, -0.2) is 0 Å². The average molecular weight is 776 g/mol. The highest BCUT2D eigenvalue weighted by molar-refractivity contribution is 6.08. The predicted molar refractivity (Wildman–Crippen MR) is 253 cm³/mol. The summed E-state index contributed by atoms with van der Waals surface area (Å²) in [5.41, 5.74) is 19.8. The Morgan fingerprint density at radius 1 is 0.328 bits per heavy atom. The van der Waals surface area contributed by atoms with Crippen molar-refractivity contribution in [2.45, 2.75) is 5.41 Å². The number of furan rings is 1. The van der Waals surface area contributed by atoms with Gasteiger partial charge in [-0.3, -0.25) is 0 Å². The lowest BCUT2D eigenvalue weighted by molar-refractivity contribution is 0.669. The van der Waals surface area contributed by atoms with Crippen LogP contribution in [0, 0.1) is 0 Å². The fourth-order valence-electron chi connectivity index (χ4n) is 10.8. The molecule has 2 aliphatic rings. The summed E-state index contributed by atoms with van der Waals surface area (Å²) in [4.78, 5) is 2.50. The van der Waals surface area contributed by atoms with Crippen LogP contribution in [0.1, 0.15) is 22.3 Å². The second kappa shape index (κ2) is 13.0. The van der Waals surface area contributed by atoms with Gasteiger partial charge in [-0.2, -0.15) is 0 Å². The first-order valence-corrected chi connectivity index (χ1v) is 21.1. The molecule has 2 nitrogen and oxygen atoms in total. The lowest BCUT2D eigenvalue weighted by Crippen LogP contribution is -2.26. The molecular formula is C59H37NO. The van der Waals surface area contributed by atoms with E-state index in [-0.39, 0.29) is 0 Å². The number of hydrogen-bond acceptors (Lipinski definition) is 2. The van der Waals surface area contributed by atoms with Gasteiger partial charge in [0, 0.05) is 27.6 Å². The summed E-state index contributed by atoms with van der Waals surface area (Å²) in [7, 11) is 0. The van der Waals surface area contributed by atoms with Crippen LogP contribution in [0.3, 0.4) is 0 Å². The second-order valence-corrected chi connectivity index (χ2v) is 16.3. The van der Waals surface area contributed by atoms with Crippen molar-refractivity contribution in [1.82, 2.24) is 0 Å². The largest absolute Gasteiger partial charge is 0.456 e. The number of anilines is 3. The first kappa shape index (κ1) is 34.0. The molecule has 2 aliphatic carbocycles. The molecule has 0 unspecified atom stereocenters. The van der Waals surface area contributed by atoms with E-state index in [0.717, 1.165) is 50.1 Å². The molecule has 0 aliphatic heterocycles. The minimum Gasteiger partial charge on any atom is -0.456 e. The van der Waals surface area contributed by atoms with Crippen LogP contribution < -0.4 is 4.90 Å². The zero-order valence-electron chi connectivity index (χ0n) is 33.2. The lowest BCUT2D eigenvalue weighted by Gasteiger charge is -2.32. The Kier molecular flexibility index (Phi) is 7.26. The maximum atomic E-state index is 6.30. The molecule has 0 saturated carbocycles. The number of rotatable bonds is 5. The number of para-hydroxylation sites is 2. The first-order chi connectivity index (χ1) is 30.3. The molecule has 1 spiro atoms. The molecular weight excluding hydrogens is 739 g/mol. The van der Waals surface area contributed by atoms with Crippen LogP contribution in [0.15, 0.2) is 229 Å². The van der Waals surface area contributed by atoms with Crippen LogP contribution in [0.5, 0.6) is 0 Å². The van der Waals surface area contributed by atoms with Crippen molar-refractivity contribution in [3.63, 3.8) is 0 Å². The van der Waals surface area contributed by atoms with E-state index in [9.17, 15) is 0 Å². The van der Waals surface area contributed by atoms with Crippen molar-refractivity contribution in [2.24, 2.45) is 0 Å². The summed E-state index contributed by atoms with van der Waals surface area (Å²) in [6.45, 7) is 0. The van der Waals surface area contributed by atoms with Crippen molar-refractivity contribution in [3.05, 3.63) is 247 Å². The number of nitrogens with zero attached hydrogens (tertiary/aromatic N) is 1. The molecule has 284 valence electrons. The van der Waals surface area contributed by atoms with Gasteiger partial charge in [-0.15, -0.1) is 0 Å². The average Bonchev–Trinajstić information content (AvgIpc) is 3.96. The molecule has 2 heteroatoms. The lowest BCUT2D eigenvalue weighted by atomic mass is 9.70. The third-order valence-electron chi connectivity index (χ3n) is 13.3. The van der Waals surface area contributed by atoms with Crippen LogP contribution in [0.2, 0.25) is 0 Å². The Hall–Kier alpha value is -7.94. The summed E-state index contributed by atoms with van der Waals surface area (Å²) in [5.74, 6) is 0. The summed E-state index contributed by atoms with van der Waals surface area (Å²) in [6.07, 6.45) is 0. The van der Waals surface area contributed by atoms with Crippen LogP contribution in [0.4, 0.5) is 17.1 Å². The third-order valence-corrected chi connectivity index (χ3v) is 13.3. The van der Waals surface area contributed by atoms with E-state index in [1.165, 1.54) is 66.4 Å². The van der Waals surface area contributed by atoms with Crippen LogP contribution in [-0.4, -0.2) is 0 Å². The zero-order chi connectivity index (χ0) is 40.1. The number of benzene rings is 10. The minimum absolute atomic E-state index is 0.452. The smallest absolute Gasteiger partial charge is 0.135 e. The molecule has 10 aromatic carbocycles. The normalized spacial score (nSPS) is 13.0. The van der Waals surface area contributed by atoms with Crippen molar-refractivity contribution >= 4 is 49.8 Å². The monoisotopic (exact) mass is 775 g/mol. The van der Waals surface area contributed by atoms with E-state index in [2.05, 4.69) is 217 Å². The van der Waals surface area contributed by atoms with Gasteiger partial charge in [-0.1, -0.05) is 182 Å². The van der Waals surface area contributed by atoms with Gasteiger partial charge in [0.25, 0.3) is 0 Å². The Labute approximate surface area is 354 Å². The highest BCUT2D eigenvalue weighted by atomic mass is 16.3. The summed E-state index contributed by atoms with van der Waals surface area (Å²) < 4.78 is 6.30. The topological polar surface area (TPSA) is 16.4 Å². The fraction of sp³-hybridized carbons (Fsp3) is 0.0169. The maximum absolute atomic E-state index is 6.30. The quantitative estimate of drug-likeness (QED) is 0.173. The standard InChI is InChI=1S/C59H37NO/c1-2-17-42-38(15-1)16-13-23-43(42)39-31-34-41(35-32-39)60(54-28-11-6-18-44(54)40-33-36-57-49(37-40)47-21-7-12-30-56(47)61-57)55-29-14-27-53-58(55)48-22-5-10-26-52(48)59(53)50-24-8-3-19-45(50)46-20-4-9-25-51(46)59/h1-37H. The Morgan fingerprint density at radius 3 is 1.64 bits per heavy atom. The number of hydrogen-bond donors (Lipinski definition) is 0. The van der Waals surface area contributed by atoms with Gasteiger partial charge < -0.3 is 9.32 Å². The van der Waals surface area contributed by atoms with Gasteiger partial charge in [0.15, 0.2) is 0 Å². The minimum atomic E-state index is -0.452. The Morgan fingerprint density at radius 2 is 0.852 bits per heavy atom. The maximum Gasteiger partial charge on any atom is 0.135 e. The molecule has 0 atom stereocenters. The molecule has 0 amide bonds. The van der Waals surface area contributed by atoms with E-state index in [4.69, 9.17) is 4.42 Å². The van der Waals surface area contributed by atoms with Gasteiger partial charge in [0.1, 0.15) is 11.2 Å².